The first-order valence-electron chi connectivity index (χ1n) is 22.3. The number of aliphatic hydroxyl groups excluding tert-OH is 1. The second kappa shape index (κ2) is 18.2. The molecule has 0 aromatic heterocycles. The number of ketones is 1. The molecule has 1 amide bonds. The SMILES string of the molecule is CC1=CCCC2(C)C(CCC2(O)CN(CC2CCCO2)C(=O)OC2CC(C)CCC2C(C)C)c2ccc(cc2C(=O)c2ccccc2-c2ccccc2)CC(O)CC1. The molecule has 5 aliphatic rings. The van der Waals surface area contributed by atoms with Gasteiger partial charge in [-0.05, 0) is 130 Å². The molecular formula is C51H67NO6. The summed E-state index contributed by atoms with van der Waals surface area (Å²) in [7, 11) is 0. The number of rotatable bonds is 9. The molecule has 2 N–H and O–H groups in total. The van der Waals surface area contributed by atoms with Crippen molar-refractivity contribution in [2.45, 2.75) is 141 Å². The van der Waals surface area contributed by atoms with Gasteiger partial charge in [0.1, 0.15) is 6.10 Å². The standard InChI is InChI=1S/C51H67NO6/c1-34(2)41-23-20-36(4)29-47(41)58-49(55)52(32-40-16-12-28-57-40)33-51(56)27-25-46-43-24-21-37(30-39(53)22-19-35(3)13-11-26-50(46,51)5)31-45(43)48(54)44-18-10-9-17-42(44)38-14-7-6-8-15-38/h6-10,13-15,17-18,21,24,31,34,36,39-41,46-47,53,56H,11-12,16,19-20,22-23,25-30,32-33H2,1-5H3. The second-order valence-electron chi connectivity index (χ2n) is 19.0. The van der Waals surface area contributed by atoms with Crippen molar-refractivity contribution in [1.29, 1.82) is 0 Å². The molecule has 1 aliphatic heterocycles. The van der Waals surface area contributed by atoms with E-state index < -0.39 is 17.1 Å². The van der Waals surface area contributed by atoms with Crippen molar-refractivity contribution in [3.05, 3.63) is 107 Å². The molecule has 3 aromatic rings. The summed E-state index contributed by atoms with van der Waals surface area (Å²) in [6, 6.07) is 24.0. The summed E-state index contributed by atoms with van der Waals surface area (Å²) in [5.74, 6) is 0.981. The highest BCUT2D eigenvalue weighted by Crippen LogP contribution is 2.59. The van der Waals surface area contributed by atoms with Crippen molar-refractivity contribution in [3.63, 3.8) is 0 Å². The van der Waals surface area contributed by atoms with Crippen LogP contribution in [0.3, 0.4) is 0 Å². The third-order valence-corrected chi connectivity index (χ3v) is 14.5. The molecule has 0 spiro atoms. The van der Waals surface area contributed by atoms with E-state index in [0.29, 0.717) is 74.1 Å². The van der Waals surface area contributed by atoms with Crippen LogP contribution in [0.25, 0.3) is 11.1 Å². The van der Waals surface area contributed by atoms with E-state index in [1.807, 2.05) is 60.7 Å². The van der Waals surface area contributed by atoms with Crippen LogP contribution in [-0.2, 0) is 15.9 Å². The van der Waals surface area contributed by atoms with Crippen LogP contribution in [-0.4, -0.2) is 70.6 Å². The van der Waals surface area contributed by atoms with Crippen LogP contribution in [0.15, 0.2) is 84.4 Å². The van der Waals surface area contributed by atoms with Gasteiger partial charge in [-0.15, -0.1) is 0 Å². The van der Waals surface area contributed by atoms with Gasteiger partial charge in [0.05, 0.1) is 30.9 Å². The molecule has 312 valence electrons. The summed E-state index contributed by atoms with van der Waals surface area (Å²) in [6.45, 7) is 12.2. The maximum Gasteiger partial charge on any atom is 0.410 e. The Balaban J connectivity index is 1.28. The van der Waals surface area contributed by atoms with Gasteiger partial charge in [-0.2, -0.15) is 0 Å². The fourth-order valence-corrected chi connectivity index (χ4v) is 10.9. The summed E-state index contributed by atoms with van der Waals surface area (Å²) < 4.78 is 12.6. The first-order chi connectivity index (χ1) is 27.8. The lowest BCUT2D eigenvalue weighted by Crippen LogP contribution is -2.55. The van der Waals surface area contributed by atoms with Crippen molar-refractivity contribution in [2.24, 2.45) is 23.2 Å². The normalized spacial score (nSPS) is 30.4. The Bertz CT molecular complexity index is 1920. The highest BCUT2D eigenvalue weighted by atomic mass is 16.6. The van der Waals surface area contributed by atoms with E-state index >= 15 is 4.79 Å². The van der Waals surface area contributed by atoms with Gasteiger partial charge in [0.25, 0.3) is 0 Å². The summed E-state index contributed by atoms with van der Waals surface area (Å²) in [6.07, 6.45) is 10.4. The predicted octanol–water partition coefficient (Wildman–Crippen LogP) is 10.7. The summed E-state index contributed by atoms with van der Waals surface area (Å²) in [5.41, 5.74) is 4.22. The molecule has 7 nitrogen and oxygen atoms in total. The Morgan fingerprint density at radius 1 is 0.948 bits per heavy atom. The van der Waals surface area contributed by atoms with Crippen molar-refractivity contribution in [2.75, 3.05) is 19.7 Å². The lowest BCUT2D eigenvalue weighted by molar-refractivity contribution is -0.0908. The largest absolute Gasteiger partial charge is 0.446 e. The van der Waals surface area contributed by atoms with E-state index in [0.717, 1.165) is 67.2 Å². The number of nitrogens with zero attached hydrogens (tertiary/aromatic N) is 1. The molecular weight excluding hydrogens is 723 g/mol. The highest BCUT2D eigenvalue weighted by Gasteiger charge is 2.58. The Kier molecular flexibility index (Phi) is 13.3. The van der Waals surface area contributed by atoms with Crippen molar-refractivity contribution in [3.8, 4) is 11.1 Å². The zero-order valence-electron chi connectivity index (χ0n) is 35.6. The maximum absolute atomic E-state index is 15.1. The molecule has 1 saturated heterocycles. The molecule has 2 saturated carbocycles. The fourth-order valence-electron chi connectivity index (χ4n) is 10.9. The summed E-state index contributed by atoms with van der Waals surface area (Å²) >= 11 is 0. The molecule has 8 rings (SSSR count). The van der Waals surface area contributed by atoms with Crippen LogP contribution in [0, 0.1) is 23.2 Å². The number of carbonyl (C=O) groups excluding carboxylic acids is 2. The molecule has 2 bridgehead atoms. The van der Waals surface area contributed by atoms with Crippen LogP contribution in [0.4, 0.5) is 4.79 Å². The van der Waals surface area contributed by atoms with Gasteiger partial charge in [-0.1, -0.05) is 112 Å². The number of ether oxygens (including phenoxy) is 2. The topological polar surface area (TPSA) is 96.3 Å². The molecule has 7 heteroatoms. The minimum absolute atomic E-state index is 0.0589. The van der Waals surface area contributed by atoms with Gasteiger partial charge in [0, 0.05) is 23.1 Å². The van der Waals surface area contributed by atoms with Gasteiger partial charge >= 0.3 is 6.09 Å². The zero-order valence-corrected chi connectivity index (χ0v) is 35.6. The molecule has 3 aromatic carbocycles. The average Bonchev–Trinajstić information content (AvgIpc) is 3.81. The minimum atomic E-state index is -1.26. The molecule has 4 aliphatic carbocycles. The fraction of sp³-hybridized carbons (Fsp3) is 0.569. The van der Waals surface area contributed by atoms with Crippen molar-refractivity contribution >= 4 is 11.9 Å². The van der Waals surface area contributed by atoms with Crippen LogP contribution in [0.5, 0.6) is 0 Å². The van der Waals surface area contributed by atoms with Crippen molar-refractivity contribution in [1.82, 2.24) is 4.90 Å². The first kappa shape index (κ1) is 42.3. The monoisotopic (exact) mass is 789 g/mol. The Labute approximate surface area is 347 Å². The Morgan fingerprint density at radius 3 is 2.48 bits per heavy atom. The molecule has 3 fully saturated rings. The minimum Gasteiger partial charge on any atom is -0.446 e. The van der Waals surface area contributed by atoms with Gasteiger partial charge in [0.2, 0.25) is 0 Å². The molecule has 0 radical (unpaired) electrons. The number of hydrogen-bond acceptors (Lipinski definition) is 6. The van der Waals surface area contributed by atoms with E-state index in [2.05, 4.69) is 52.8 Å². The van der Waals surface area contributed by atoms with Gasteiger partial charge < -0.3 is 24.6 Å². The third kappa shape index (κ3) is 9.17. The van der Waals surface area contributed by atoms with E-state index in [-0.39, 0.29) is 36.5 Å². The third-order valence-electron chi connectivity index (χ3n) is 14.5. The predicted molar refractivity (Wildman–Crippen MR) is 231 cm³/mol. The average molecular weight is 790 g/mol. The molecule has 1 heterocycles. The number of fused-ring (bicyclic) bond motifs is 8. The van der Waals surface area contributed by atoms with Crippen LogP contribution >= 0.6 is 0 Å². The van der Waals surface area contributed by atoms with Crippen LogP contribution in [0.1, 0.15) is 138 Å². The molecule has 8 atom stereocenters. The van der Waals surface area contributed by atoms with E-state index in [1.54, 1.807) is 4.90 Å². The zero-order chi connectivity index (χ0) is 41.0. The van der Waals surface area contributed by atoms with Crippen LogP contribution < -0.4 is 0 Å². The number of carbonyl (C=O) groups is 2. The quantitative estimate of drug-likeness (QED) is 0.166. The Morgan fingerprint density at radius 2 is 1.72 bits per heavy atom. The van der Waals surface area contributed by atoms with Gasteiger partial charge in [-0.25, -0.2) is 4.79 Å². The summed E-state index contributed by atoms with van der Waals surface area (Å²) in [5, 5.41) is 24.5. The number of aliphatic hydroxyl groups is 2. The maximum atomic E-state index is 15.1. The highest BCUT2D eigenvalue weighted by molar-refractivity contribution is 6.13. The van der Waals surface area contributed by atoms with Crippen molar-refractivity contribution < 1.29 is 29.3 Å². The van der Waals surface area contributed by atoms with Gasteiger partial charge in [0.15, 0.2) is 5.78 Å². The number of benzene rings is 3. The van der Waals surface area contributed by atoms with Crippen LogP contribution in [0.2, 0.25) is 0 Å². The summed E-state index contributed by atoms with van der Waals surface area (Å²) in [4.78, 5) is 31.4. The lowest BCUT2D eigenvalue weighted by Gasteiger charge is -2.46. The number of amides is 1. The lowest BCUT2D eigenvalue weighted by atomic mass is 9.64. The molecule has 58 heavy (non-hydrogen) atoms. The molecule has 8 unspecified atom stereocenters. The smallest absolute Gasteiger partial charge is 0.410 e. The van der Waals surface area contributed by atoms with Gasteiger partial charge in [-0.3, -0.25) is 4.79 Å². The first-order valence-corrected chi connectivity index (χ1v) is 22.3. The number of hydrogen-bond donors (Lipinski definition) is 2. The second-order valence-corrected chi connectivity index (χ2v) is 19.0. The number of allylic oxidation sites excluding steroid dienone is 2. The Hall–Kier alpha value is -3.78. The van der Waals surface area contributed by atoms with E-state index in [1.165, 1.54) is 5.57 Å². The van der Waals surface area contributed by atoms with E-state index in [4.69, 9.17) is 9.47 Å². The van der Waals surface area contributed by atoms with E-state index in [9.17, 15) is 15.0 Å².